The monoisotopic (exact) mass is 388 g/mol. The minimum absolute atomic E-state index is 0.162. The van der Waals surface area contributed by atoms with Gasteiger partial charge in [0.1, 0.15) is 5.75 Å². The van der Waals surface area contributed by atoms with Gasteiger partial charge in [0.15, 0.2) is 0 Å². The van der Waals surface area contributed by atoms with E-state index in [4.69, 9.17) is 4.74 Å². The summed E-state index contributed by atoms with van der Waals surface area (Å²) in [6.07, 6.45) is 0.934. The predicted molar refractivity (Wildman–Crippen MR) is 116 cm³/mol. The average molecular weight is 388 g/mol. The highest BCUT2D eigenvalue weighted by Crippen LogP contribution is 2.18. The Bertz CT molecular complexity index is 980. The van der Waals surface area contributed by atoms with E-state index in [0.29, 0.717) is 29.1 Å². The molecular formula is C24H24N2O3. The molecule has 0 saturated carbocycles. The lowest BCUT2D eigenvalue weighted by molar-refractivity contribution is 0.101. The molecule has 5 heteroatoms. The van der Waals surface area contributed by atoms with E-state index in [2.05, 4.69) is 10.6 Å². The molecule has 2 amide bonds. The summed E-state index contributed by atoms with van der Waals surface area (Å²) in [4.78, 5) is 24.8. The van der Waals surface area contributed by atoms with Crippen molar-refractivity contribution < 1.29 is 14.3 Å². The Hall–Kier alpha value is -3.60. The zero-order valence-electron chi connectivity index (χ0n) is 16.6. The summed E-state index contributed by atoms with van der Waals surface area (Å²) >= 11 is 0. The molecule has 0 bridgehead atoms. The summed E-state index contributed by atoms with van der Waals surface area (Å²) in [5.74, 6) is 0.381. The van der Waals surface area contributed by atoms with E-state index in [1.54, 1.807) is 54.6 Å². The highest BCUT2D eigenvalue weighted by atomic mass is 16.5. The van der Waals surface area contributed by atoms with Crippen molar-refractivity contribution in [2.24, 2.45) is 0 Å². The molecule has 5 nitrogen and oxygen atoms in total. The number of anilines is 2. The number of hydrogen-bond acceptors (Lipinski definition) is 3. The number of rotatable bonds is 7. The number of carbonyl (C=O) groups excluding carboxylic acids is 2. The summed E-state index contributed by atoms with van der Waals surface area (Å²) in [6, 6.07) is 21.5. The largest absolute Gasteiger partial charge is 0.494 e. The zero-order chi connectivity index (χ0) is 20.6. The smallest absolute Gasteiger partial charge is 0.255 e. The first-order valence-corrected chi connectivity index (χ1v) is 9.58. The molecule has 29 heavy (non-hydrogen) atoms. The van der Waals surface area contributed by atoms with Crippen LogP contribution in [-0.2, 0) is 0 Å². The molecule has 0 spiro atoms. The molecule has 0 heterocycles. The Morgan fingerprint density at radius 1 is 0.793 bits per heavy atom. The van der Waals surface area contributed by atoms with Crippen LogP contribution < -0.4 is 15.4 Å². The molecule has 0 atom stereocenters. The summed E-state index contributed by atoms with van der Waals surface area (Å²) in [6.45, 7) is 4.59. The van der Waals surface area contributed by atoms with Crippen LogP contribution >= 0.6 is 0 Å². The third-order valence-electron chi connectivity index (χ3n) is 4.38. The number of carbonyl (C=O) groups is 2. The molecule has 0 unspecified atom stereocenters. The molecule has 0 radical (unpaired) electrons. The summed E-state index contributed by atoms with van der Waals surface area (Å²) in [5.41, 5.74) is 3.41. The van der Waals surface area contributed by atoms with E-state index < -0.39 is 0 Å². The minimum Gasteiger partial charge on any atom is -0.494 e. The highest BCUT2D eigenvalue weighted by molar-refractivity contribution is 6.06. The molecular weight excluding hydrogens is 364 g/mol. The Labute approximate surface area is 170 Å². The molecule has 0 saturated heterocycles. The van der Waals surface area contributed by atoms with Crippen LogP contribution in [0.4, 0.5) is 11.4 Å². The van der Waals surface area contributed by atoms with Gasteiger partial charge < -0.3 is 15.4 Å². The summed E-state index contributed by atoms with van der Waals surface area (Å²) < 4.78 is 5.53. The molecule has 0 aliphatic rings. The molecule has 2 N–H and O–H groups in total. The Balaban J connectivity index is 1.59. The van der Waals surface area contributed by atoms with E-state index in [-0.39, 0.29) is 11.8 Å². The van der Waals surface area contributed by atoms with Gasteiger partial charge in [-0.2, -0.15) is 0 Å². The second-order valence-corrected chi connectivity index (χ2v) is 6.67. The minimum atomic E-state index is -0.205. The number of amides is 2. The number of hydrogen-bond donors (Lipinski definition) is 2. The third kappa shape index (κ3) is 5.45. The standard InChI is InChI=1S/C24H24N2O3/c1-3-16-29-21-14-8-18(9-15-21)23(27)25-19-10-12-20(13-11-19)26-24(28)22-7-5-4-6-17(22)2/h4-15H,3,16H2,1-2H3,(H,25,27)(H,26,28). The van der Waals surface area contributed by atoms with Gasteiger partial charge in [-0.3, -0.25) is 9.59 Å². The van der Waals surface area contributed by atoms with E-state index in [1.165, 1.54) is 0 Å². The van der Waals surface area contributed by atoms with E-state index in [9.17, 15) is 9.59 Å². The van der Waals surface area contributed by atoms with Crippen molar-refractivity contribution in [1.82, 2.24) is 0 Å². The fourth-order valence-corrected chi connectivity index (χ4v) is 2.79. The van der Waals surface area contributed by atoms with Crippen molar-refractivity contribution in [3.8, 4) is 5.75 Å². The lowest BCUT2D eigenvalue weighted by Crippen LogP contribution is -2.14. The lowest BCUT2D eigenvalue weighted by Gasteiger charge is -2.10. The zero-order valence-corrected chi connectivity index (χ0v) is 16.6. The first-order valence-electron chi connectivity index (χ1n) is 9.58. The molecule has 0 fully saturated rings. The van der Waals surface area contributed by atoms with Crippen LogP contribution in [0.5, 0.6) is 5.75 Å². The van der Waals surface area contributed by atoms with Gasteiger partial charge in [-0.25, -0.2) is 0 Å². The van der Waals surface area contributed by atoms with Crippen LogP contribution in [0.1, 0.15) is 39.6 Å². The van der Waals surface area contributed by atoms with Gasteiger partial charge in [-0.15, -0.1) is 0 Å². The maximum Gasteiger partial charge on any atom is 0.255 e. The van der Waals surface area contributed by atoms with Crippen molar-refractivity contribution in [3.05, 3.63) is 89.5 Å². The van der Waals surface area contributed by atoms with Crippen molar-refractivity contribution in [3.63, 3.8) is 0 Å². The van der Waals surface area contributed by atoms with Crippen LogP contribution in [0.25, 0.3) is 0 Å². The predicted octanol–water partition coefficient (Wildman–Crippen LogP) is 5.29. The van der Waals surface area contributed by atoms with Crippen molar-refractivity contribution in [1.29, 1.82) is 0 Å². The molecule has 3 rings (SSSR count). The van der Waals surface area contributed by atoms with Crippen LogP contribution in [0.2, 0.25) is 0 Å². The van der Waals surface area contributed by atoms with Gasteiger partial charge in [0.05, 0.1) is 6.61 Å². The molecule has 0 aromatic heterocycles. The number of nitrogens with one attached hydrogen (secondary N) is 2. The van der Waals surface area contributed by atoms with E-state index in [0.717, 1.165) is 17.7 Å². The maximum atomic E-state index is 12.4. The molecule has 0 aliphatic carbocycles. The Kier molecular flexibility index (Phi) is 6.63. The quantitative estimate of drug-likeness (QED) is 0.578. The first-order chi connectivity index (χ1) is 14.1. The van der Waals surface area contributed by atoms with Crippen molar-refractivity contribution >= 4 is 23.2 Å². The fourth-order valence-electron chi connectivity index (χ4n) is 2.79. The van der Waals surface area contributed by atoms with Gasteiger partial charge in [0, 0.05) is 22.5 Å². The Morgan fingerprint density at radius 3 is 1.97 bits per heavy atom. The van der Waals surface area contributed by atoms with Gasteiger partial charge in [-0.05, 0) is 73.5 Å². The SMILES string of the molecule is CCCOc1ccc(C(=O)Nc2ccc(NC(=O)c3ccccc3C)cc2)cc1. The van der Waals surface area contributed by atoms with E-state index >= 15 is 0 Å². The van der Waals surface area contributed by atoms with E-state index in [1.807, 2.05) is 32.0 Å². The van der Waals surface area contributed by atoms with Gasteiger partial charge in [0.2, 0.25) is 0 Å². The lowest BCUT2D eigenvalue weighted by atomic mass is 10.1. The highest BCUT2D eigenvalue weighted by Gasteiger charge is 2.09. The van der Waals surface area contributed by atoms with Crippen molar-refractivity contribution in [2.45, 2.75) is 20.3 Å². The van der Waals surface area contributed by atoms with Crippen LogP contribution in [0, 0.1) is 6.92 Å². The first kappa shape index (κ1) is 20.1. The maximum absolute atomic E-state index is 12.4. The van der Waals surface area contributed by atoms with Crippen LogP contribution in [-0.4, -0.2) is 18.4 Å². The molecule has 0 aliphatic heterocycles. The van der Waals surface area contributed by atoms with Gasteiger partial charge >= 0.3 is 0 Å². The van der Waals surface area contributed by atoms with Gasteiger partial charge in [0.25, 0.3) is 11.8 Å². The topological polar surface area (TPSA) is 67.4 Å². The summed E-state index contributed by atoms with van der Waals surface area (Å²) in [5, 5.41) is 5.72. The molecule has 3 aromatic rings. The number of aryl methyl sites for hydroxylation is 1. The molecule has 3 aromatic carbocycles. The second-order valence-electron chi connectivity index (χ2n) is 6.67. The average Bonchev–Trinajstić information content (AvgIpc) is 2.74. The third-order valence-corrected chi connectivity index (χ3v) is 4.38. The van der Waals surface area contributed by atoms with Crippen LogP contribution in [0.3, 0.4) is 0 Å². The number of ether oxygens (including phenoxy) is 1. The number of benzene rings is 3. The van der Waals surface area contributed by atoms with Crippen molar-refractivity contribution in [2.75, 3.05) is 17.2 Å². The molecule has 148 valence electrons. The fraction of sp³-hybridized carbons (Fsp3) is 0.167. The normalized spacial score (nSPS) is 10.3. The Morgan fingerprint density at radius 2 is 1.38 bits per heavy atom. The second kappa shape index (κ2) is 9.55. The van der Waals surface area contributed by atoms with Crippen LogP contribution in [0.15, 0.2) is 72.8 Å². The van der Waals surface area contributed by atoms with Gasteiger partial charge in [-0.1, -0.05) is 25.1 Å². The summed E-state index contributed by atoms with van der Waals surface area (Å²) in [7, 11) is 0.